The lowest BCUT2D eigenvalue weighted by Crippen LogP contribution is -2.52. The molecule has 0 saturated carbocycles. The lowest BCUT2D eigenvalue weighted by molar-refractivity contribution is -0.0809. The number of ether oxygens (including phenoxy) is 1. The molecule has 0 aliphatic carbocycles. The van der Waals surface area contributed by atoms with Crippen LogP contribution in [0.1, 0.15) is 47.0 Å². The van der Waals surface area contributed by atoms with E-state index in [1.807, 2.05) is 0 Å². The van der Waals surface area contributed by atoms with Crippen LogP contribution in [0, 0.1) is 0 Å². The molecule has 0 radical (unpaired) electrons. The van der Waals surface area contributed by atoms with Gasteiger partial charge in [0.2, 0.25) is 0 Å². The first-order valence-corrected chi connectivity index (χ1v) is 7.27. The Morgan fingerprint density at radius 1 is 1.18 bits per heavy atom. The van der Waals surface area contributed by atoms with Crippen LogP contribution in [0.2, 0.25) is 0 Å². The maximum absolute atomic E-state index is 5.81. The topological polar surface area (TPSA) is 24.5 Å². The Hall–Kier alpha value is -0.120. The van der Waals surface area contributed by atoms with Gasteiger partial charge in [0.05, 0.1) is 12.2 Å². The van der Waals surface area contributed by atoms with Crippen LogP contribution in [0.5, 0.6) is 0 Å². The van der Waals surface area contributed by atoms with Crippen molar-refractivity contribution >= 4 is 0 Å². The van der Waals surface area contributed by atoms with Gasteiger partial charge in [0.1, 0.15) is 0 Å². The molecule has 1 rings (SSSR count). The van der Waals surface area contributed by atoms with Crippen molar-refractivity contribution in [3.8, 4) is 0 Å². The first-order valence-electron chi connectivity index (χ1n) is 7.27. The van der Waals surface area contributed by atoms with Gasteiger partial charge in [-0.1, -0.05) is 20.3 Å². The van der Waals surface area contributed by atoms with Crippen LogP contribution in [-0.4, -0.2) is 49.3 Å². The zero-order chi connectivity index (χ0) is 12.7. The molecule has 0 spiro atoms. The van der Waals surface area contributed by atoms with Crippen molar-refractivity contribution in [2.75, 3.05) is 26.2 Å². The largest absolute Gasteiger partial charge is 0.373 e. The molecule has 102 valence electrons. The van der Waals surface area contributed by atoms with Crippen molar-refractivity contribution in [1.82, 2.24) is 10.2 Å². The number of hydrogen-bond acceptors (Lipinski definition) is 3. The second kappa shape index (κ2) is 8.06. The highest BCUT2D eigenvalue weighted by Gasteiger charge is 2.27. The molecule has 0 aromatic heterocycles. The van der Waals surface area contributed by atoms with Gasteiger partial charge in [-0.25, -0.2) is 0 Å². The van der Waals surface area contributed by atoms with E-state index in [0.29, 0.717) is 18.2 Å². The molecule has 3 heteroatoms. The highest BCUT2D eigenvalue weighted by Crippen LogP contribution is 2.16. The average molecular weight is 242 g/mol. The second-order valence-corrected chi connectivity index (χ2v) is 5.36. The van der Waals surface area contributed by atoms with E-state index < -0.39 is 0 Å². The first kappa shape index (κ1) is 14.9. The maximum Gasteiger partial charge on any atom is 0.0678 e. The summed E-state index contributed by atoms with van der Waals surface area (Å²) < 4.78 is 5.81. The van der Waals surface area contributed by atoms with E-state index in [9.17, 15) is 0 Å². The van der Waals surface area contributed by atoms with Gasteiger partial charge in [-0.05, 0) is 33.2 Å². The highest BCUT2D eigenvalue weighted by molar-refractivity contribution is 4.81. The molecule has 0 amide bonds. The number of hydrogen-bond donors (Lipinski definition) is 1. The van der Waals surface area contributed by atoms with Gasteiger partial charge in [-0.2, -0.15) is 0 Å². The minimum atomic E-state index is 0.379. The SMILES string of the molecule is CCCNCC(CCC)N1CC(C)OC(C)C1. The summed E-state index contributed by atoms with van der Waals surface area (Å²) in [5.41, 5.74) is 0. The third kappa shape index (κ3) is 5.36. The fourth-order valence-electron chi connectivity index (χ4n) is 2.71. The van der Waals surface area contributed by atoms with Crippen molar-refractivity contribution in [3.63, 3.8) is 0 Å². The monoisotopic (exact) mass is 242 g/mol. The van der Waals surface area contributed by atoms with Gasteiger partial charge >= 0.3 is 0 Å². The summed E-state index contributed by atoms with van der Waals surface area (Å²) in [7, 11) is 0. The second-order valence-electron chi connectivity index (χ2n) is 5.36. The summed E-state index contributed by atoms with van der Waals surface area (Å²) in [5.74, 6) is 0. The van der Waals surface area contributed by atoms with E-state index in [1.54, 1.807) is 0 Å². The number of rotatable bonds is 7. The number of morpholine rings is 1. The Labute approximate surface area is 107 Å². The van der Waals surface area contributed by atoms with E-state index in [-0.39, 0.29) is 0 Å². The normalized spacial score (nSPS) is 28.2. The summed E-state index contributed by atoms with van der Waals surface area (Å²) in [4.78, 5) is 2.62. The van der Waals surface area contributed by atoms with Gasteiger partial charge in [0.15, 0.2) is 0 Å². The van der Waals surface area contributed by atoms with Gasteiger partial charge in [-0.3, -0.25) is 4.90 Å². The van der Waals surface area contributed by atoms with Crippen LogP contribution < -0.4 is 5.32 Å². The molecule has 1 saturated heterocycles. The predicted octanol–water partition coefficient (Wildman–Crippen LogP) is 2.26. The minimum absolute atomic E-state index is 0.379. The summed E-state index contributed by atoms with van der Waals surface area (Å²) >= 11 is 0. The van der Waals surface area contributed by atoms with Crippen LogP contribution in [0.3, 0.4) is 0 Å². The molecule has 1 aliphatic heterocycles. The zero-order valence-corrected chi connectivity index (χ0v) is 12.0. The van der Waals surface area contributed by atoms with Crippen molar-refractivity contribution in [2.45, 2.75) is 65.2 Å². The molecular formula is C14H30N2O. The summed E-state index contributed by atoms with van der Waals surface area (Å²) in [5, 5.41) is 3.56. The molecule has 1 heterocycles. The standard InChI is InChI=1S/C14H30N2O/c1-5-7-14(9-15-8-6-2)16-10-12(3)17-13(4)11-16/h12-15H,5-11H2,1-4H3. The molecule has 3 nitrogen and oxygen atoms in total. The van der Waals surface area contributed by atoms with E-state index in [2.05, 4.69) is 37.9 Å². The fourth-order valence-corrected chi connectivity index (χ4v) is 2.71. The maximum atomic E-state index is 5.81. The van der Waals surface area contributed by atoms with Crippen LogP contribution in [-0.2, 0) is 4.74 Å². The lowest BCUT2D eigenvalue weighted by atomic mass is 10.1. The minimum Gasteiger partial charge on any atom is -0.373 e. The molecule has 1 fully saturated rings. The number of nitrogens with zero attached hydrogens (tertiary/aromatic N) is 1. The quantitative estimate of drug-likeness (QED) is 0.693. The summed E-state index contributed by atoms with van der Waals surface area (Å²) in [6, 6.07) is 0.681. The van der Waals surface area contributed by atoms with Crippen molar-refractivity contribution in [1.29, 1.82) is 0 Å². The molecular weight excluding hydrogens is 212 g/mol. The molecule has 1 N–H and O–H groups in total. The van der Waals surface area contributed by atoms with Gasteiger partial charge in [-0.15, -0.1) is 0 Å². The Morgan fingerprint density at radius 2 is 1.82 bits per heavy atom. The number of nitrogens with one attached hydrogen (secondary N) is 1. The van der Waals surface area contributed by atoms with Crippen LogP contribution >= 0.6 is 0 Å². The van der Waals surface area contributed by atoms with Crippen molar-refractivity contribution in [2.24, 2.45) is 0 Å². The van der Waals surface area contributed by atoms with Crippen molar-refractivity contribution < 1.29 is 4.74 Å². The molecule has 0 aromatic carbocycles. The van der Waals surface area contributed by atoms with Gasteiger partial charge < -0.3 is 10.1 Å². The Balaban J connectivity index is 2.43. The van der Waals surface area contributed by atoms with Crippen LogP contribution in [0.25, 0.3) is 0 Å². The van der Waals surface area contributed by atoms with Gasteiger partial charge in [0, 0.05) is 25.7 Å². The van der Waals surface area contributed by atoms with E-state index in [1.165, 1.54) is 19.3 Å². The Kier molecular flexibility index (Phi) is 7.09. The van der Waals surface area contributed by atoms with E-state index in [0.717, 1.165) is 26.2 Å². The third-order valence-corrected chi connectivity index (χ3v) is 3.39. The fraction of sp³-hybridized carbons (Fsp3) is 1.00. The molecule has 1 aliphatic rings. The molecule has 0 bridgehead atoms. The average Bonchev–Trinajstić information content (AvgIpc) is 2.27. The van der Waals surface area contributed by atoms with Crippen LogP contribution in [0.4, 0.5) is 0 Å². The predicted molar refractivity (Wildman–Crippen MR) is 73.4 cm³/mol. The molecule has 3 atom stereocenters. The molecule has 3 unspecified atom stereocenters. The summed E-state index contributed by atoms with van der Waals surface area (Å²) in [6.07, 6.45) is 4.53. The smallest absolute Gasteiger partial charge is 0.0678 e. The lowest BCUT2D eigenvalue weighted by Gasteiger charge is -2.40. The Bertz CT molecular complexity index is 189. The summed E-state index contributed by atoms with van der Waals surface area (Å²) in [6.45, 7) is 13.3. The van der Waals surface area contributed by atoms with Crippen molar-refractivity contribution in [3.05, 3.63) is 0 Å². The highest BCUT2D eigenvalue weighted by atomic mass is 16.5. The van der Waals surface area contributed by atoms with E-state index >= 15 is 0 Å². The third-order valence-electron chi connectivity index (χ3n) is 3.39. The van der Waals surface area contributed by atoms with Crippen LogP contribution in [0.15, 0.2) is 0 Å². The van der Waals surface area contributed by atoms with E-state index in [4.69, 9.17) is 4.74 Å². The zero-order valence-electron chi connectivity index (χ0n) is 12.0. The van der Waals surface area contributed by atoms with Gasteiger partial charge in [0.25, 0.3) is 0 Å². The molecule has 0 aromatic rings. The first-order chi connectivity index (χ1) is 8.17. The Morgan fingerprint density at radius 3 is 2.35 bits per heavy atom. The molecule has 17 heavy (non-hydrogen) atoms.